The number of hydrogen-bond donors (Lipinski definition) is 0. The largest absolute Gasteiger partial charge is 2.00 e. The van der Waals surface area contributed by atoms with Gasteiger partial charge in [-0.2, -0.15) is 12.2 Å². The summed E-state index contributed by atoms with van der Waals surface area (Å²) in [6, 6.07) is 2.67. The Balaban J connectivity index is 0.000000364. The molecule has 0 unspecified atom stereocenters. The summed E-state index contributed by atoms with van der Waals surface area (Å²) >= 11 is 0. The molecule has 0 amide bonds. The summed E-state index contributed by atoms with van der Waals surface area (Å²) in [5, 5.41) is 3.05. The first-order chi connectivity index (χ1) is 9.33. The van der Waals surface area contributed by atoms with Crippen LogP contribution in [0.4, 0.5) is 0 Å². The van der Waals surface area contributed by atoms with Gasteiger partial charge in [0, 0.05) is 16.1 Å². The normalized spacial score (nSPS) is 16.9. The van der Waals surface area contributed by atoms with E-state index in [0.717, 1.165) is 12.8 Å². The second-order valence-corrected chi connectivity index (χ2v) is 16.9. The van der Waals surface area contributed by atoms with Gasteiger partial charge in [-0.3, -0.25) is 12.2 Å². The Hall–Kier alpha value is -0.113. The summed E-state index contributed by atoms with van der Waals surface area (Å²) in [5.41, 5.74) is 0. The molecule has 0 fully saturated rings. The standard InChI is InChI=1S/2C9H15Si.Ni/c2*1-4-10(2,3)9-7-5-6-8-9;/h2*5,7H,4,6H2,1-3H3;/q2*-1;+2. The van der Waals surface area contributed by atoms with Crippen LogP contribution in [-0.4, -0.2) is 16.1 Å². The van der Waals surface area contributed by atoms with Crippen molar-refractivity contribution in [2.45, 2.75) is 65.0 Å². The molecule has 0 heterocycles. The third-order valence-corrected chi connectivity index (χ3v) is 11.8. The first-order valence-electron chi connectivity index (χ1n) is 7.89. The van der Waals surface area contributed by atoms with E-state index < -0.39 is 16.1 Å². The molecule has 2 aliphatic carbocycles. The minimum Gasteiger partial charge on any atom is -0.274 e. The second-order valence-electron chi connectivity index (χ2n) is 6.87. The van der Waals surface area contributed by atoms with Crippen molar-refractivity contribution in [1.82, 2.24) is 0 Å². The number of hydrogen-bond acceptors (Lipinski definition) is 0. The summed E-state index contributed by atoms with van der Waals surface area (Å²) in [4.78, 5) is 0. The SMILES string of the molecule is CC[Si](C)(C)C1=[C-]CC=C1.CC[Si](C)(C)C1=[C-]CC=C1.[Ni+2]. The Morgan fingerprint density at radius 2 is 1.14 bits per heavy atom. The molecule has 0 nitrogen and oxygen atoms in total. The van der Waals surface area contributed by atoms with Crippen molar-refractivity contribution in [2.24, 2.45) is 0 Å². The molecule has 0 aromatic carbocycles. The fraction of sp³-hybridized carbons (Fsp3) is 0.556. The van der Waals surface area contributed by atoms with E-state index in [1.165, 1.54) is 22.5 Å². The molecule has 0 bridgehead atoms. The zero-order valence-corrected chi connectivity index (χ0v) is 17.4. The Kier molecular flexibility index (Phi) is 9.07. The molecule has 0 radical (unpaired) electrons. The Morgan fingerprint density at radius 1 is 0.810 bits per heavy atom. The Morgan fingerprint density at radius 3 is 1.33 bits per heavy atom. The van der Waals surface area contributed by atoms with Crippen molar-refractivity contribution in [2.75, 3.05) is 0 Å². The van der Waals surface area contributed by atoms with Crippen LogP contribution < -0.4 is 0 Å². The van der Waals surface area contributed by atoms with E-state index in [-0.39, 0.29) is 16.5 Å². The van der Waals surface area contributed by atoms with E-state index in [4.69, 9.17) is 0 Å². The minimum absolute atomic E-state index is 0. The van der Waals surface area contributed by atoms with Crippen LogP contribution in [0.1, 0.15) is 26.7 Å². The van der Waals surface area contributed by atoms with E-state index in [1.54, 1.807) is 0 Å². The molecule has 0 aromatic rings. The van der Waals surface area contributed by atoms with Crippen molar-refractivity contribution in [1.29, 1.82) is 0 Å². The van der Waals surface area contributed by atoms with Gasteiger partial charge in [-0.05, 0) is 0 Å². The van der Waals surface area contributed by atoms with E-state index in [0.29, 0.717) is 0 Å². The first kappa shape index (κ1) is 20.9. The van der Waals surface area contributed by atoms with Crippen molar-refractivity contribution < 1.29 is 16.5 Å². The maximum Gasteiger partial charge on any atom is 2.00 e. The summed E-state index contributed by atoms with van der Waals surface area (Å²) in [6.07, 6.45) is 17.9. The predicted molar refractivity (Wildman–Crippen MR) is 97.0 cm³/mol. The zero-order valence-electron chi connectivity index (χ0n) is 14.5. The van der Waals surface area contributed by atoms with Gasteiger partial charge in [-0.1, -0.05) is 52.1 Å². The molecule has 2 rings (SSSR count). The average Bonchev–Trinajstić information content (AvgIpc) is 3.12. The van der Waals surface area contributed by atoms with Gasteiger partial charge in [-0.15, -0.1) is 12.8 Å². The van der Waals surface area contributed by atoms with Gasteiger partial charge in [0.05, 0.1) is 0 Å². The minimum atomic E-state index is -1.03. The van der Waals surface area contributed by atoms with E-state index in [9.17, 15) is 0 Å². The monoisotopic (exact) mass is 360 g/mol. The molecule has 21 heavy (non-hydrogen) atoms. The molecule has 0 N–H and O–H groups in total. The molecule has 0 atom stereocenters. The molecule has 3 heteroatoms. The molecule has 0 spiro atoms. The topological polar surface area (TPSA) is 0 Å². The van der Waals surface area contributed by atoms with Crippen molar-refractivity contribution in [3.05, 3.63) is 46.8 Å². The van der Waals surface area contributed by atoms with Crippen molar-refractivity contribution >= 4 is 16.1 Å². The van der Waals surface area contributed by atoms with Crippen molar-refractivity contribution in [3.8, 4) is 0 Å². The molecule has 0 aromatic heterocycles. The third-order valence-electron chi connectivity index (χ3n) is 4.62. The average molecular weight is 361 g/mol. The van der Waals surface area contributed by atoms with Crippen LogP contribution >= 0.6 is 0 Å². The van der Waals surface area contributed by atoms with Crippen LogP contribution in [0, 0.1) is 12.2 Å². The smallest absolute Gasteiger partial charge is 0.274 e. The first-order valence-corrected chi connectivity index (χ1v) is 14.3. The summed E-state index contributed by atoms with van der Waals surface area (Å²) < 4.78 is 0. The van der Waals surface area contributed by atoms with Crippen LogP contribution in [0.3, 0.4) is 0 Å². The van der Waals surface area contributed by atoms with Gasteiger partial charge in [-0.25, -0.2) is 22.5 Å². The number of rotatable bonds is 4. The van der Waals surface area contributed by atoms with E-state index in [1.807, 2.05) is 0 Å². The summed E-state index contributed by atoms with van der Waals surface area (Å²) in [7, 11) is -2.05. The zero-order chi connectivity index (χ0) is 15.2. The van der Waals surface area contributed by atoms with E-state index >= 15 is 0 Å². The van der Waals surface area contributed by atoms with E-state index in [2.05, 4.69) is 76.5 Å². The molecule has 0 saturated carbocycles. The maximum atomic E-state index is 3.42. The van der Waals surface area contributed by atoms with Gasteiger partial charge < -0.3 is 0 Å². The van der Waals surface area contributed by atoms with Crippen LogP contribution in [0.2, 0.25) is 38.3 Å². The quantitative estimate of drug-likeness (QED) is 0.433. The van der Waals surface area contributed by atoms with Gasteiger partial charge in [0.1, 0.15) is 0 Å². The van der Waals surface area contributed by atoms with Crippen LogP contribution in [-0.2, 0) is 16.5 Å². The summed E-state index contributed by atoms with van der Waals surface area (Å²) in [5.74, 6) is 0. The van der Waals surface area contributed by atoms with Gasteiger partial charge in [0.25, 0.3) is 0 Å². The molecule has 0 aliphatic heterocycles. The van der Waals surface area contributed by atoms with Crippen LogP contribution in [0.5, 0.6) is 0 Å². The molecular weight excluding hydrogens is 331 g/mol. The molecule has 120 valence electrons. The van der Waals surface area contributed by atoms with Crippen LogP contribution in [0.15, 0.2) is 34.7 Å². The fourth-order valence-corrected chi connectivity index (χ4v) is 5.18. The number of allylic oxidation sites excluding steroid dienone is 8. The fourth-order valence-electron chi connectivity index (χ4n) is 2.12. The van der Waals surface area contributed by atoms with Gasteiger partial charge >= 0.3 is 16.5 Å². The van der Waals surface area contributed by atoms with Crippen LogP contribution in [0.25, 0.3) is 0 Å². The maximum absolute atomic E-state index is 3.42. The Bertz CT molecular complexity index is 398. The van der Waals surface area contributed by atoms with Gasteiger partial charge in [0.15, 0.2) is 0 Å². The molecular formula is C18H30NiSi2. The molecule has 2 aliphatic rings. The predicted octanol–water partition coefficient (Wildman–Crippen LogP) is 5.88. The second kappa shape index (κ2) is 9.12. The van der Waals surface area contributed by atoms with Gasteiger partial charge in [0.2, 0.25) is 0 Å². The Labute approximate surface area is 144 Å². The third kappa shape index (κ3) is 6.26. The summed E-state index contributed by atoms with van der Waals surface area (Å²) in [6.45, 7) is 14.2. The van der Waals surface area contributed by atoms with Crippen molar-refractivity contribution in [3.63, 3.8) is 0 Å². The molecule has 0 saturated heterocycles.